The zero-order chi connectivity index (χ0) is 12.1. The van der Waals surface area contributed by atoms with Gasteiger partial charge in [-0.05, 0) is 18.6 Å². The summed E-state index contributed by atoms with van der Waals surface area (Å²) in [6, 6.07) is 0. The normalized spacial score (nSPS) is 27.1. The zero-order valence-corrected chi connectivity index (χ0v) is 12.6. The molecule has 98 valence electrons. The van der Waals surface area contributed by atoms with Crippen molar-refractivity contribution in [1.82, 2.24) is 9.80 Å². The minimum absolute atomic E-state index is 0.256. The quantitative estimate of drug-likeness (QED) is 0.741. The van der Waals surface area contributed by atoms with Crippen LogP contribution in [0.3, 0.4) is 0 Å². The Bertz CT molecular complexity index is 251. The van der Waals surface area contributed by atoms with Crippen molar-refractivity contribution in [1.29, 1.82) is 0 Å². The average molecular weight is 321 g/mol. The lowest BCUT2D eigenvalue weighted by Gasteiger charge is -2.36. The molecule has 3 nitrogen and oxygen atoms in total. The Morgan fingerprint density at radius 2 is 2.00 bits per heavy atom. The van der Waals surface area contributed by atoms with Crippen LogP contribution in [-0.4, -0.2) is 64.8 Å². The molecule has 17 heavy (non-hydrogen) atoms. The lowest BCUT2D eigenvalue weighted by molar-refractivity contribution is -0.132. The van der Waals surface area contributed by atoms with Crippen molar-refractivity contribution in [3.63, 3.8) is 0 Å². The lowest BCUT2D eigenvalue weighted by atomic mass is 10.1. The number of carbonyl (C=O) groups is 1. The minimum atomic E-state index is 0.256. The molecule has 0 aromatic rings. The number of thioether (sulfide) groups is 1. The molecule has 0 aromatic heterocycles. The monoisotopic (exact) mass is 320 g/mol. The topological polar surface area (TPSA) is 23.6 Å². The minimum Gasteiger partial charge on any atom is -0.339 e. The molecule has 1 amide bonds. The Hall–Kier alpha value is 0.260. The standard InChI is InChI=1S/C12H21BrN2OS/c13-4-5-14-6-8-15(9-7-14)12(16)11-3-1-2-10-17-11/h11H,1-10H2. The van der Waals surface area contributed by atoms with Gasteiger partial charge in [0.1, 0.15) is 0 Å². The first-order valence-corrected chi connectivity index (χ1v) is 8.67. The molecule has 0 radical (unpaired) electrons. The number of halogens is 1. The van der Waals surface area contributed by atoms with Crippen molar-refractivity contribution in [3.05, 3.63) is 0 Å². The van der Waals surface area contributed by atoms with Gasteiger partial charge < -0.3 is 4.90 Å². The van der Waals surface area contributed by atoms with Gasteiger partial charge in [-0.15, -0.1) is 11.8 Å². The molecule has 0 saturated carbocycles. The number of rotatable bonds is 3. The molecule has 0 bridgehead atoms. The fourth-order valence-corrected chi connectivity index (χ4v) is 4.23. The van der Waals surface area contributed by atoms with E-state index in [1.807, 2.05) is 11.8 Å². The Labute approximate surface area is 116 Å². The second-order valence-corrected chi connectivity index (χ2v) is 6.81. The Kier molecular flexibility index (Phi) is 5.63. The van der Waals surface area contributed by atoms with Gasteiger partial charge in [0.15, 0.2) is 0 Å². The van der Waals surface area contributed by atoms with E-state index in [9.17, 15) is 4.79 Å². The van der Waals surface area contributed by atoms with Crippen LogP contribution in [0.1, 0.15) is 19.3 Å². The molecule has 2 saturated heterocycles. The van der Waals surface area contributed by atoms with Gasteiger partial charge in [-0.2, -0.15) is 0 Å². The number of carbonyl (C=O) groups excluding carboxylic acids is 1. The molecule has 2 aliphatic rings. The van der Waals surface area contributed by atoms with Crippen molar-refractivity contribution >= 4 is 33.6 Å². The second-order valence-electron chi connectivity index (χ2n) is 4.71. The second kappa shape index (κ2) is 7.00. The average Bonchev–Trinajstić information content (AvgIpc) is 2.40. The van der Waals surface area contributed by atoms with Crippen LogP contribution in [0.15, 0.2) is 0 Å². The summed E-state index contributed by atoms with van der Waals surface area (Å²) in [5.41, 5.74) is 0. The van der Waals surface area contributed by atoms with Gasteiger partial charge >= 0.3 is 0 Å². The predicted octanol–water partition coefficient (Wildman–Crippen LogP) is 1.81. The van der Waals surface area contributed by atoms with E-state index in [4.69, 9.17) is 0 Å². The summed E-state index contributed by atoms with van der Waals surface area (Å²) in [5, 5.41) is 1.28. The maximum absolute atomic E-state index is 12.3. The van der Waals surface area contributed by atoms with E-state index in [2.05, 4.69) is 25.7 Å². The van der Waals surface area contributed by atoms with Gasteiger partial charge in [-0.1, -0.05) is 22.4 Å². The first-order valence-electron chi connectivity index (χ1n) is 6.50. The maximum atomic E-state index is 12.3. The molecule has 0 N–H and O–H groups in total. The van der Waals surface area contributed by atoms with Gasteiger partial charge in [-0.25, -0.2) is 0 Å². The molecule has 2 heterocycles. The Morgan fingerprint density at radius 3 is 2.59 bits per heavy atom. The van der Waals surface area contributed by atoms with Gasteiger partial charge in [0.25, 0.3) is 0 Å². The fraction of sp³-hybridized carbons (Fsp3) is 0.917. The highest BCUT2D eigenvalue weighted by molar-refractivity contribution is 9.09. The van der Waals surface area contributed by atoms with Crippen molar-refractivity contribution in [3.8, 4) is 0 Å². The van der Waals surface area contributed by atoms with Gasteiger partial charge in [0.2, 0.25) is 5.91 Å². The Morgan fingerprint density at radius 1 is 1.24 bits per heavy atom. The van der Waals surface area contributed by atoms with Gasteiger partial charge in [0, 0.05) is 38.1 Å². The SMILES string of the molecule is O=C(C1CCCCS1)N1CCN(CCBr)CC1. The van der Waals surface area contributed by atoms with Crippen molar-refractivity contribution in [2.45, 2.75) is 24.5 Å². The van der Waals surface area contributed by atoms with Crippen LogP contribution in [0, 0.1) is 0 Å². The third kappa shape index (κ3) is 3.86. The van der Waals surface area contributed by atoms with E-state index in [-0.39, 0.29) is 5.25 Å². The molecular weight excluding hydrogens is 300 g/mol. The molecule has 0 aromatic carbocycles. The van der Waals surface area contributed by atoms with E-state index >= 15 is 0 Å². The number of alkyl halides is 1. The van der Waals surface area contributed by atoms with Crippen LogP contribution < -0.4 is 0 Å². The van der Waals surface area contributed by atoms with E-state index in [1.54, 1.807) is 0 Å². The van der Waals surface area contributed by atoms with Crippen LogP contribution >= 0.6 is 27.7 Å². The third-order valence-corrected chi connectivity index (χ3v) is 5.26. The van der Waals surface area contributed by atoms with E-state index < -0.39 is 0 Å². The number of piperazine rings is 1. The smallest absolute Gasteiger partial charge is 0.235 e. The zero-order valence-electron chi connectivity index (χ0n) is 10.2. The van der Waals surface area contributed by atoms with Crippen LogP contribution in [0.5, 0.6) is 0 Å². The molecule has 1 unspecified atom stereocenters. The predicted molar refractivity (Wildman–Crippen MR) is 76.9 cm³/mol. The maximum Gasteiger partial charge on any atom is 0.235 e. The summed E-state index contributed by atoms with van der Waals surface area (Å²) in [5.74, 6) is 1.56. The molecule has 2 fully saturated rings. The summed E-state index contributed by atoms with van der Waals surface area (Å²) in [6.45, 7) is 5.01. The fourth-order valence-electron chi connectivity index (χ4n) is 2.45. The number of hydrogen-bond acceptors (Lipinski definition) is 3. The van der Waals surface area contributed by atoms with E-state index in [0.717, 1.165) is 44.5 Å². The first kappa shape index (κ1) is 13.7. The highest BCUT2D eigenvalue weighted by Gasteiger charge is 2.28. The molecule has 0 spiro atoms. The Balaban J connectivity index is 1.77. The number of hydrogen-bond donors (Lipinski definition) is 0. The molecular formula is C12H21BrN2OS. The molecule has 2 aliphatic heterocycles. The highest BCUT2D eigenvalue weighted by atomic mass is 79.9. The summed E-state index contributed by atoms with van der Waals surface area (Å²) < 4.78 is 0. The number of nitrogens with zero attached hydrogens (tertiary/aromatic N) is 2. The molecule has 2 rings (SSSR count). The molecule has 0 aliphatic carbocycles. The summed E-state index contributed by atoms with van der Waals surface area (Å²) in [7, 11) is 0. The number of amides is 1. The van der Waals surface area contributed by atoms with Gasteiger partial charge in [0.05, 0.1) is 5.25 Å². The lowest BCUT2D eigenvalue weighted by Crippen LogP contribution is -2.51. The highest BCUT2D eigenvalue weighted by Crippen LogP contribution is 2.26. The van der Waals surface area contributed by atoms with E-state index in [0.29, 0.717) is 5.91 Å². The van der Waals surface area contributed by atoms with Crippen molar-refractivity contribution in [2.75, 3.05) is 43.8 Å². The van der Waals surface area contributed by atoms with Crippen molar-refractivity contribution in [2.24, 2.45) is 0 Å². The van der Waals surface area contributed by atoms with Crippen LogP contribution in [-0.2, 0) is 4.79 Å². The summed E-state index contributed by atoms with van der Waals surface area (Å²) in [6.07, 6.45) is 3.60. The first-order chi connectivity index (χ1) is 8.31. The van der Waals surface area contributed by atoms with Gasteiger partial charge in [-0.3, -0.25) is 9.69 Å². The molecule has 5 heteroatoms. The summed E-state index contributed by atoms with van der Waals surface area (Å²) in [4.78, 5) is 16.8. The van der Waals surface area contributed by atoms with E-state index in [1.165, 1.54) is 18.6 Å². The van der Waals surface area contributed by atoms with Crippen LogP contribution in [0.4, 0.5) is 0 Å². The molecule has 1 atom stereocenters. The van der Waals surface area contributed by atoms with Crippen molar-refractivity contribution < 1.29 is 4.79 Å². The summed E-state index contributed by atoms with van der Waals surface area (Å²) >= 11 is 5.33. The third-order valence-electron chi connectivity index (χ3n) is 3.54. The van der Waals surface area contributed by atoms with Crippen LogP contribution in [0.25, 0.3) is 0 Å². The largest absolute Gasteiger partial charge is 0.339 e. The van der Waals surface area contributed by atoms with Crippen LogP contribution in [0.2, 0.25) is 0 Å².